The lowest BCUT2D eigenvalue weighted by atomic mass is 10.0. The van der Waals surface area contributed by atoms with Crippen LogP contribution in [0.3, 0.4) is 0 Å². The molecule has 1 aromatic heterocycles. The molecule has 1 saturated heterocycles. The van der Waals surface area contributed by atoms with Crippen molar-refractivity contribution in [3.63, 3.8) is 0 Å². The first-order chi connectivity index (χ1) is 9.57. The number of carbonyl (C=O) groups excluding carboxylic acids is 1. The Morgan fingerprint density at radius 3 is 2.80 bits per heavy atom. The second-order valence-electron chi connectivity index (χ2n) is 4.90. The summed E-state index contributed by atoms with van der Waals surface area (Å²) in [7, 11) is 0. The predicted molar refractivity (Wildman–Crippen MR) is 66.5 cm³/mol. The molecule has 2 unspecified atom stereocenters. The van der Waals surface area contributed by atoms with Gasteiger partial charge in [0, 0.05) is 25.4 Å². The molecule has 3 heterocycles. The van der Waals surface area contributed by atoms with Crippen LogP contribution in [0.5, 0.6) is 0 Å². The van der Waals surface area contributed by atoms with Crippen molar-refractivity contribution in [1.82, 2.24) is 9.88 Å². The number of ether oxygens (including phenoxy) is 1. The molecule has 2 aliphatic heterocycles. The number of carbonyl (C=O) groups is 1. The van der Waals surface area contributed by atoms with E-state index in [-0.39, 0.29) is 13.0 Å². The molecule has 2 atom stereocenters. The molecule has 0 radical (unpaired) electrons. The zero-order chi connectivity index (χ0) is 14.2. The van der Waals surface area contributed by atoms with E-state index in [9.17, 15) is 13.6 Å². The van der Waals surface area contributed by atoms with Crippen molar-refractivity contribution in [1.29, 1.82) is 0 Å². The number of hydrogen-bond donors (Lipinski definition) is 0. The second-order valence-corrected chi connectivity index (χ2v) is 4.90. The first kappa shape index (κ1) is 13.0. The largest absolute Gasteiger partial charge is 0.473 e. The Morgan fingerprint density at radius 1 is 1.40 bits per heavy atom. The average molecular weight is 281 g/mol. The van der Waals surface area contributed by atoms with Crippen LogP contribution < -0.4 is 0 Å². The van der Waals surface area contributed by atoms with Gasteiger partial charge in [0.1, 0.15) is 0 Å². The third-order valence-electron chi connectivity index (χ3n) is 3.48. The highest BCUT2D eigenvalue weighted by Gasteiger charge is 2.44. The van der Waals surface area contributed by atoms with Gasteiger partial charge in [-0.05, 0) is 17.7 Å². The van der Waals surface area contributed by atoms with Gasteiger partial charge in [0.05, 0.1) is 6.54 Å². The fourth-order valence-electron chi connectivity index (χ4n) is 2.44. The van der Waals surface area contributed by atoms with Crippen LogP contribution in [0.25, 0.3) is 0 Å². The van der Waals surface area contributed by atoms with E-state index in [4.69, 9.17) is 4.74 Å². The minimum Gasteiger partial charge on any atom is -0.473 e. The van der Waals surface area contributed by atoms with Crippen LogP contribution >= 0.6 is 0 Å². The Kier molecular flexibility index (Phi) is 3.11. The lowest BCUT2D eigenvalue weighted by Crippen LogP contribution is -2.40. The predicted octanol–water partition coefficient (Wildman–Crippen LogP) is 1.42. The third-order valence-corrected chi connectivity index (χ3v) is 3.48. The first-order valence-electron chi connectivity index (χ1n) is 6.30. The summed E-state index contributed by atoms with van der Waals surface area (Å²) < 4.78 is 31.7. The highest BCUT2D eigenvalue weighted by atomic mass is 19.3. The van der Waals surface area contributed by atoms with Crippen LogP contribution in [0.2, 0.25) is 0 Å². The van der Waals surface area contributed by atoms with Crippen molar-refractivity contribution >= 4 is 12.3 Å². The maximum absolute atomic E-state index is 13.2. The number of halogens is 2. The molecule has 0 N–H and O–H groups in total. The lowest BCUT2D eigenvalue weighted by Gasteiger charge is -2.22. The van der Waals surface area contributed by atoms with Crippen molar-refractivity contribution in [2.24, 2.45) is 4.99 Å². The molecule has 0 spiro atoms. The fraction of sp³-hybridized carbons (Fsp3) is 0.462. The Balaban J connectivity index is 1.76. The molecule has 2 aliphatic rings. The van der Waals surface area contributed by atoms with Gasteiger partial charge in [-0.1, -0.05) is 0 Å². The molecule has 0 bridgehead atoms. The maximum Gasteiger partial charge on any atom is 0.267 e. The van der Waals surface area contributed by atoms with Gasteiger partial charge in [0.25, 0.3) is 11.8 Å². The Hall–Kier alpha value is -2.05. The lowest BCUT2D eigenvalue weighted by molar-refractivity contribution is -0.134. The molecule has 20 heavy (non-hydrogen) atoms. The van der Waals surface area contributed by atoms with Crippen molar-refractivity contribution in [2.45, 2.75) is 24.5 Å². The van der Waals surface area contributed by atoms with Crippen LogP contribution in [-0.2, 0) is 9.53 Å². The Morgan fingerprint density at radius 2 is 2.15 bits per heavy atom. The molecule has 1 aromatic rings. The number of alkyl halides is 2. The number of amides is 1. The summed E-state index contributed by atoms with van der Waals surface area (Å²) in [5.41, 5.74) is 0.752. The number of pyridine rings is 1. The summed E-state index contributed by atoms with van der Waals surface area (Å²) in [6.45, 7) is -0.484. The minimum atomic E-state index is -2.80. The summed E-state index contributed by atoms with van der Waals surface area (Å²) in [5.74, 6) is -3.22. The van der Waals surface area contributed by atoms with Crippen LogP contribution in [0.4, 0.5) is 8.78 Å². The van der Waals surface area contributed by atoms with Gasteiger partial charge in [-0.25, -0.2) is 13.8 Å². The topological polar surface area (TPSA) is 54.8 Å². The summed E-state index contributed by atoms with van der Waals surface area (Å²) >= 11 is 0. The Bertz CT molecular complexity index is 536. The van der Waals surface area contributed by atoms with Crippen LogP contribution in [0.1, 0.15) is 18.1 Å². The SMILES string of the molecule is O=C(C1N=COC1c1ccncc1)N1CCC(F)(F)C1. The van der Waals surface area contributed by atoms with Crippen LogP contribution in [0, 0.1) is 0 Å². The number of aromatic nitrogens is 1. The fourth-order valence-corrected chi connectivity index (χ4v) is 2.44. The second kappa shape index (κ2) is 4.81. The van der Waals surface area contributed by atoms with Crippen LogP contribution in [-0.4, -0.2) is 47.2 Å². The van der Waals surface area contributed by atoms with Gasteiger partial charge in [0.2, 0.25) is 0 Å². The monoisotopic (exact) mass is 281 g/mol. The van der Waals surface area contributed by atoms with Gasteiger partial charge in [0.15, 0.2) is 18.5 Å². The van der Waals surface area contributed by atoms with Gasteiger partial charge in [-0.2, -0.15) is 0 Å². The highest BCUT2D eigenvalue weighted by molar-refractivity contribution is 5.85. The Labute approximate surface area is 114 Å². The van der Waals surface area contributed by atoms with E-state index in [1.165, 1.54) is 6.40 Å². The van der Waals surface area contributed by atoms with E-state index in [2.05, 4.69) is 9.98 Å². The van der Waals surface area contributed by atoms with E-state index in [1.807, 2.05) is 0 Å². The third kappa shape index (κ3) is 2.35. The quantitative estimate of drug-likeness (QED) is 0.823. The van der Waals surface area contributed by atoms with E-state index in [0.717, 1.165) is 10.5 Å². The molecule has 1 amide bonds. The molecule has 0 saturated carbocycles. The van der Waals surface area contributed by atoms with Gasteiger partial charge < -0.3 is 9.64 Å². The van der Waals surface area contributed by atoms with E-state index in [1.54, 1.807) is 24.5 Å². The molecule has 3 rings (SSSR count). The molecule has 5 nitrogen and oxygen atoms in total. The zero-order valence-corrected chi connectivity index (χ0v) is 10.6. The highest BCUT2D eigenvalue weighted by Crippen LogP contribution is 2.32. The molecule has 0 aromatic carbocycles. The smallest absolute Gasteiger partial charge is 0.267 e. The molecular formula is C13H13F2N3O2. The van der Waals surface area contributed by atoms with Crippen LogP contribution in [0.15, 0.2) is 29.5 Å². The number of likely N-dealkylation sites (tertiary alicyclic amines) is 1. The number of aliphatic imine (C=N–C) groups is 1. The summed E-state index contributed by atoms with van der Waals surface area (Å²) in [5, 5.41) is 0. The van der Waals surface area contributed by atoms with Crippen molar-refractivity contribution in [3.05, 3.63) is 30.1 Å². The van der Waals surface area contributed by atoms with E-state index in [0.29, 0.717) is 0 Å². The van der Waals surface area contributed by atoms with Gasteiger partial charge in [-0.3, -0.25) is 9.78 Å². The first-order valence-corrected chi connectivity index (χ1v) is 6.30. The molecule has 106 valence electrons. The molecule has 0 aliphatic carbocycles. The molecule has 7 heteroatoms. The maximum atomic E-state index is 13.2. The van der Waals surface area contributed by atoms with E-state index < -0.39 is 30.5 Å². The molecular weight excluding hydrogens is 268 g/mol. The summed E-state index contributed by atoms with van der Waals surface area (Å²) in [6, 6.07) is 2.64. The van der Waals surface area contributed by atoms with Crippen molar-refractivity contribution in [3.8, 4) is 0 Å². The van der Waals surface area contributed by atoms with Gasteiger partial charge >= 0.3 is 0 Å². The van der Waals surface area contributed by atoms with Gasteiger partial charge in [-0.15, -0.1) is 0 Å². The van der Waals surface area contributed by atoms with E-state index >= 15 is 0 Å². The summed E-state index contributed by atoms with van der Waals surface area (Å²) in [6.07, 6.45) is 3.52. The van der Waals surface area contributed by atoms with Crippen molar-refractivity contribution in [2.75, 3.05) is 13.1 Å². The van der Waals surface area contributed by atoms with Crippen molar-refractivity contribution < 1.29 is 18.3 Å². The summed E-state index contributed by atoms with van der Waals surface area (Å²) in [4.78, 5) is 21.3. The minimum absolute atomic E-state index is 0.0565. The normalized spacial score (nSPS) is 27.6. The molecule has 1 fully saturated rings. The zero-order valence-electron chi connectivity index (χ0n) is 10.6. The number of hydrogen-bond acceptors (Lipinski definition) is 4. The number of rotatable bonds is 2. The number of nitrogens with zero attached hydrogens (tertiary/aromatic N) is 3. The standard InChI is InChI=1S/C13H13F2N3O2/c14-13(15)3-6-18(7-13)12(19)10-11(20-8-17-10)9-1-4-16-5-2-9/h1-2,4-5,8,10-11H,3,6-7H2. The average Bonchev–Trinajstić information content (AvgIpc) is 3.05.